The summed E-state index contributed by atoms with van der Waals surface area (Å²) in [6, 6.07) is 10.6. The highest BCUT2D eigenvalue weighted by atomic mass is 32.2. The zero-order chi connectivity index (χ0) is 12.8. The molecule has 3 N–H and O–H groups in total. The molecule has 0 amide bonds. The fraction of sp³-hybridized carbons (Fsp3) is 0.357. The van der Waals surface area contributed by atoms with Crippen LogP contribution in [0.15, 0.2) is 36.5 Å². The van der Waals surface area contributed by atoms with Crippen LogP contribution in [0.2, 0.25) is 0 Å². The van der Waals surface area contributed by atoms with Crippen molar-refractivity contribution in [2.24, 2.45) is 5.84 Å². The monoisotopic (exact) mass is 261 g/mol. The van der Waals surface area contributed by atoms with Crippen molar-refractivity contribution in [3.05, 3.63) is 42.1 Å². The molecule has 4 heteroatoms. The summed E-state index contributed by atoms with van der Waals surface area (Å²) >= 11 is 1.91. The van der Waals surface area contributed by atoms with E-state index in [1.54, 1.807) is 0 Å². The first-order valence-corrected chi connectivity index (χ1v) is 7.37. The molecule has 1 atom stereocenters. The molecular weight excluding hydrogens is 242 g/mol. The molecule has 1 aromatic heterocycles. The fourth-order valence-corrected chi connectivity index (χ4v) is 2.76. The number of fused-ring (bicyclic) bond motifs is 1. The molecular formula is C14H19N3S. The van der Waals surface area contributed by atoms with Crippen molar-refractivity contribution >= 4 is 22.7 Å². The number of hydrogen-bond acceptors (Lipinski definition) is 4. The lowest BCUT2D eigenvalue weighted by Crippen LogP contribution is -2.38. The van der Waals surface area contributed by atoms with Crippen molar-refractivity contribution in [1.29, 1.82) is 0 Å². The maximum absolute atomic E-state index is 5.63. The predicted molar refractivity (Wildman–Crippen MR) is 79.6 cm³/mol. The second-order valence-corrected chi connectivity index (χ2v) is 5.53. The Hall–Kier alpha value is -1.10. The second-order valence-electron chi connectivity index (χ2n) is 4.21. The van der Waals surface area contributed by atoms with Crippen molar-refractivity contribution in [1.82, 2.24) is 10.4 Å². The van der Waals surface area contributed by atoms with Gasteiger partial charge in [-0.15, -0.1) is 0 Å². The van der Waals surface area contributed by atoms with Crippen molar-refractivity contribution in [3.63, 3.8) is 0 Å². The maximum atomic E-state index is 5.63. The smallest absolute Gasteiger partial charge is 0.0704 e. The van der Waals surface area contributed by atoms with E-state index < -0.39 is 0 Å². The minimum atomic E-state index is 0.306. The van der Waals surface area contributed by atoms with Gasteiger partial charge in [-0.25, -0.2) is 0 Å². The van der Waals surface area contributed by atoms with E-state index >= 15 is 0 Å². The Morgan fingerprint density at radius 3 is 2.94 bits per heavy atom. The average molecular weight is 261 g/mol. The largest absolute Gasteiger partial charge is 0.271 e. The molecule has 3 nitrogen and oxygen atoms in total. The van der Waals surface area contributed by atoms with E-state index in [-0.39, 0.29) is 0 Å². The molecule has 1 aromatic carbocycles. The van der Waals surface area contributed by atoms with Gasteiger partial charge in [-0.1, -0.05) is 25.1 Å². The summed E-state index contributed by atoms with van der Waals surface area (Å²) in [5, 5.41) is 1.22. The molecule has 0 radical (unpaired) electrons. The van der Waals surface area contributed by atoms with Crippen LogP contribution < -0.4 is 11.3 Å². The fourth-order valence-electron chi connectivity index (χ4n) is 2.02. The van der Waals surface area contributed by atoms with Gasteiger partial charge >= 0.3 is 0 Å². The SMILES string of the molecule is CCSCC(Cc1ccnc2ccccc12)NN. The second kappa shape index (κ2) is 6.73. The van der Waals surface area contributed by atoms with E-state index in [9.17, 15) is 0 Å². The van der Waals surface area contributed by atoms with Gasteiger partial charge in [0.2, 0.25) is 0 Å². The first-order valence-electron chi connectivity index (χ1n) is 6.21. The van der Waals surface area contributed by atoms with Crippen LogP contribution in [0, 0.1) is 0 Å². The minimum absolute atomic E-state index is 0.306. The Balaban J connectivity index is 2.19. The van der Waals surface area contributed by atoms with E-state index in [2.05, 4.69) is 35.5 Å². The van der Waals surface area contributed by atoms with Crippen LogP contribution in [0.3, 0.4) is 0 Å². The van der Waals surface area contributed by atoms with Crippen LogP contribution in [-0.4, -0.2) is 22.5 Å². The molecule has 0 aliphatic heterocycles. The molecule has 2 aromatic rings. The van der Waals surface area contributed by atoms with Crippen LogP contribution in [0.5, 0.6) is 0 Å². The lowest BCUT2D eigenvalue weighted by molar-refractivity contribution is 0.577. The number of nitrogens with one attached hydrogen (secondary N) is 1. The molecule has 2 rings (SSSR count). The van der Waals surface area contributed by atoms with Crippen LogP contribution in [0.25, 0.3) is 10.9 Å². The molecule has 0 bridgehead atoms. The summed E-state index contributed by atoms with van der Waals surface area (Å²) in [6.45, 7) is 2.17. The van der Waals surface area contributed by atoms with Gasteiger partial charge in [-0.3, -0.25) is 16.3 Å². The highest BCUT2D eigenvalue weighted by Gasteiger charge is 2.09. The number of pyridine rings is 1. The molecule has 1 heterocycles. The van der Waals surface area contributed by atoms with Crippen molar-refractivity contribution in [3.8, 4) is 0 Å². The topological polar surface area (TPSA) is 50.9 Å². The summed E-state index contributed by atoms with van der Waals surface area (Å²) < 4.78 is 0. The van der Waals surface area contributed by atoms with Crippen LogP contribution >= 0.6 is 11.8 Å². The highest BCUT2D eigenvalue weighted by Crippen LogP contribution is 2.18. The summed E-state index contributed by atoms with van der Waals surface area (Å²) in [5.74, 6) is 7.78. The average Bonchev–Trinajstić information content (AvgIpc) is 2.43. The number of hydrazine groups is 1. The number of thioether (sulfide) groups is 1. The van der Waals surface area contributed by atoms with Gasteiger partial charge in [0.1, 0.15) is 0 Å². The molecule has 0 aliphatic rings. The van der Waals surface area contributed by atoms with E-state index in [4.69, 9.17) is 5.84 Å². The van der Waals surface area contributed by atoms with Crippen LogP contribution in [0.1, 0.15) is 12.5 Å². The third-order valence-electron chi connectivity index (χ3n) is 2.96. The zero-order valence-electron chi connectivity index (χ0n) is 10.6. The molecule has 0 saturated carbocycles. The van der Waals surface area contributed by atoms with E-state index in [0.717, 1.165) is 23.4 Å². The maximum Gasteiger partial charge on any atom is 0.0704 e. The standard InChI is InChI=1S/C14H19N3S/c1-2-18-10-12(17-15)9-11-7-8-16-14-6-4-3-5-13(11)14/h3-8,12,17H,2,9-10,15H2,1H3. The number of nitrogens with two attached hydrogens (primary N) is 1. The Bertz CT molecular complexity index is 496. The number of nitrogens with zero attached hydrogens (tertiary/aromatic N) is 1. The summed E-state index contributed by atoms with van der Waals surface area (Å²) in [7, 11) is 0. The third-order valence-corrected chi connectivity index (χ3v) is 4.01. The molecule has 0 spiro atoms. The highest BCUT2D eigenvalue weighted by molar-refractivity contribution is 7.99. The lowest BCUT2D eigenvalue weighted by atomic mass is 10.0. The lowest BCUT2D eigenvalue weighted by Gasteiger charge is -2.16. The Morgan fingerprint density at radius 1 is 1.33 bits per heavy atom. The number of benzene rings is 1. The minimum Gasteiger partial charge on any atom is -0.271 e. The van der Waals surface area contributed by atoms with Crippen molar-refractivity contribution in [2.75, 3.05) is 11.5 Å². The number of aromatic nitrogens is 1. The molecule has 18 heavy (non-hydrogen) atoms. The predicted octanol–water partition coefficient (Wildman–Crippen LogP) is 2.36. The number of hydrogen-bond donors (Lipinski definition) is 2. The quantitative estimate of drug-likeness (QED) is 0.619. The third kappa shape index (κ3) is 3.22. The summed E-state index contributed by atoms with van der Waals surface area (Å²) in [5.41, 5.74) is 5.26. The molecule has 96 valence electrons. The van der Waals surface area contributed by atoms with Gasteiger partial charge in [0, 0.05) is 23.4 Å². The Labute approximate surface area is 112 Å². The van der Waals surface area contributed by atoms with Gasteiger partial charge in [-0.05, 0) is 29.9 Å². The van der Waals surface area contributed by atoms with Gasteiger partial charge in [-0.2, -0.15) is 11.8 Å². The van der Waals surface area contributed by atoms with Gasteiger partial charge in [0.15, 0.2) is 0 Å². The Kier molecular flexibility index (Phi) is 4.99. The molecule has 0 fully saturated rings. The molecule has 0 saturated heterocycles. The first-order chi connectivity index (χ1) is 8.85. The molecule has 0 aliphatic carbocycles. The van der Waals surface area contributed by atoms with Gasteiger partial charge in [0.05, 0.1) is 5.52 Å². The normalized spacial score (nSPS) is 12.8. The number of rotatable bonds is 6. The summed E-state index contributed by atoms with van der Waals surface area (Å²) in [6.07, 6.45) is 2.81. The van der Waals surface area contributed by atoms with Crippen molar-refractivity contribution < 1.29 is 0 Å². The van der Waals surface area contributed by atoms with E-state index in [0.29, 0.717) is 6.04 Å². The van der Waals surface area contributed by atoms with Gasteiger partial charge < -0.3 is 0 Å². The first kappa shape index (κ1) is 13.3. The molecule has 1 unspecified atom stereocenters. The van der Waals surface area contributed by atoms with Gasteiger partial charge in [0.25, 0.3) is 0 Å². The Morgan fingerprint density at radius 2 is 2.17 bits per heavy atom. The van der Waals surface area contributed by atoms with E-state index in [1.807, 2.05) is 30.1 Å². The van der Waals surface area contributed by atoms with Crippen LogP contribution in [0.4, 0.5) is 0 Å². The number of para-hydroxylation sites is 1. The van der Waals surface area contributed by atoms with E-state index in [1.165, 1.54) is 10.9 Å². The summed E-state index contributed by atoms with van der Waals surface area (Å²) in [4.78, 5) is 4.38. The van der Waals surface area contributed by atoms with Crippen LogP contribution in [-0.2, 0) is 6.42 Å². The zero-order valence-corrected chi connectivity index (χ0v) is 11.4. The van der Waals surface area contributed by atoms with Crippen molar-refractivity contribution in [2.45, 2.75) is 19.4 Å².